The second-order valence-electron chi connectivity index (χ2n) is 7.45. The molecule has 0 saturated carbocycles. The number of aromatic nitrogens is 2. The quantitative estimate of drug-likeness (QED) is 0.676. The van der Waals surface area contributed by atoms with Crippen LogP contribution in [0.3, 0.4) is 0 Å². The van der Waals surface area contributed by atoms with Crippen molar-refractivity contribution in [3.63, 3.8) is 0 Å². The van der Waals surface area contributed by atoms with Crippen molar-refractivity contribution < 1.29 is 9.47 Å². The summed E-state index contributed by atoms with van der Waals surface area (Å²) in [6, 6.07) is 5.71. The zero-order valence-electron chi connectivity index (χ0n) is 15.3. The van der Waals surface area contributed by atoms with Crippen LogP contribution >= 0.6 is 0 Å². The largest absolute Gasteiger partial charge is 0.347 e. The smallest absolute Gasteiger partial charge is 0.261 e. The third kappa shape index (κ3) is 3.09. The molecule has 2 aliphatic heterocycles. The van der Waals surface area contributed by atoms with Gasteiger partial charge in [-0.25, -0.2) is 4.98 Å². The Morgan fingerprint density at radius 1 is 1.11 bits per heavy atom. The highest BCUT2D eigenvalue weighted by molar-refractivity contribution is 5.79. The number of ether oxygens (including phenoxy) is 2. The predicted octanol–water partition coefficient (Wildman–Crippen LogP) is 2.94. The van der Waals surface area contributed by atoms with Gasteiger partial charge >= 0.3 is 0 Å². The zero-order valence-corrected chi connectivity index (χ0v) is 15.3. The third-order valence-electron chi connectivity index (χ3n) is 5.70. The highest BCUT2D eigenvalue weighted by atomic mass is 16.7. The highest BCUT2D eigenvalue weighted by Gasteiger charge is 2.38. The van der Waals surface area contributed by atoms with E-state index in [0.29, 0.717) is 38.0 Å². The average molecular weight is 362 g/mol. The molecular weight excluding hydrogens is 340 g/mol. The fourth-order valence-corrected chi connectivity index (χ4v) is 4.20. The summed E-state index contributed by atoms with van der Waals surface area (Å²) in [5, 5.41) is 0.647. The Bertz CT molecular complexity index is 1050. The highest BCUT2D eigenvalue weighted by Crippen LogP contribution is 2.31. The van der Waals surface area contributed by atoms with E-state index in [1.54, 1.807) is 4.57 Å². The van der Waals surface area contributed by atoms with E-state index in [9.17, 15) is 4.79 Å². The van der Waals surface area contributed by atoms with Crippen molar-refractivity contribution in [2.45, 2.75) is 50.9 Å². The molecular formula is C22H22N2O3. The van der Waals surface area contributed by atoms with Crippen molar-refractivity contribution in [2.75, 3.05) is 13.2 Å². The molecule has 1 aliphatic carbocycles. The lowest BCUT2D eigenvalue weighted by atomic mass is 10.1. The Morgan fingerprint density at radius 3 is 2.81 bits per heavy atom. The number of hydrogen-bond acceptors (Lipinski definition) is 4. The van der Waals surface area contributed by atoms with E-state index in [4.69, 9.17) is 14.5 Å². The molecule has 1 spiro atoms. The molecule has 5 rings (SSSR count). The second kappa shape index (κ2) is 6.63. The van der Waals surface area contributed by atoms with Gasteiger partial charge in [0.25, 0.3) is 5.56 Å². The van der Waals surface area contributed by atoms with Crippen molar-refractivity contribution in [2.24, 2.45) is 0 Å². The molecule has 0 radical (unpaired) electrons. The molecule has 1 saturated heterocycles. The topological polar surface area (TPSA) is 53.4 Å². The van der Waals surface area contributed by atoms with Crippen molar-refractivity contribution in [3.8, 4) is 11.8 Å². The molecule has 3 heterocycles. The molecule has 0 amide bonds. The minimum Gasteiger partial charge on any atom is -0.347 e. The summed E-state index contributed by atoms with van der Waals surface area (Å²) >= 11 is 0. The van der Waals surface area contributed by atoms with Gasteiger partial charge in [0.05, 0.1) is 24.1 Å². The van der Waals surface area contributed by atoms with Crippen molar-refractivity contribution in [3.05, 3.63) is 51.6 Å². The summed E-state index contributed by atoms with van der Waals surface area (Å²) in [6.07, 6.45) is 7.70. The van der Waals surface area contributed by atoms with Gasteiger partial charge in [-0.1, -0.05) is 17.9 Å². The Labute approximate surface area is 158 Å². The molecule has 27 heavy (non-hydrogen) atoms. The van der Waals surface area contributed by atoms with Gasteiger partial charge in [-0.15, -0.1) is 0 Å². The molecule has 0 bridgehead atoms. The van der Waals surface area contributed by atoms with Crippen molar-refractivity contribution in [1.82, 2.24) is 9.55 Å². The summed E-state index contributed by atoms with van der Waals surface area (Å²) in [4.78, 5) is 17.8. The van der Waals surface area contributed by atoms with Crippen LogP contribution in [0.4, 0.5) is 0 Å². The van der Waals surface area contributed by atoms with E-state index >= 15 is 0 Å². The minimum atomic E-state index is -0.544. The molecule has 1 fully saturated rings. The lowest BCUT2D eigenvalue weighted by Gasteiger charge is -2.24. The first-order valence-electron chi connectivity index (χ1n) is 9.75. The second-order valence-corrected chi connectivity index (χ2v) is 7.45. The number of nitrogens with zero attached hydrogens (tertiary/aromatic N) is 2. The lowest BCUT2D eigenvalue weighted by molar-refractivity contribution is -0.165. The molecule has 0 atom stereocenters. The first-order chi connectivity index (χ1) is 13.2. The molecule has 138 valence electrons. The van der Waals surface area contributed by atoms with Gasteiger partial charge in [0.2, 0.25) is 0 Å². The molecule has 0 unspecified atom stereocenters. The van der Waals surface area contributed by atoms with Gasteiger partial charge in [-0.05, 0) is 43.0 Å². The van der Waals surface area contributed by atoms with Crippen molar-refractivity contribution >= 4 is 10.9 Å². The predicted molar refractivity (Wildman–Crippen MR) is 102 cm³/mol. The zero-order chi connectivity index (χ0) is 18.3. The van der Waals surface area contributed by atoms with Gasteiger partial charge in [0, 0.05) is 31.4 Å². The molecule has 2 aromatic rings. The van der Waals surface area contributed by atoms with Crippen LogP contribution in [0.15, 0.2) is 34.6 Å². The number of aryl methyl sites for hydroxylation is 1. The van der Waals surface area contributed by atoms with E-state index in [1.807, 2.05) is 18.2 Å². The van der Waals surface area contributed by atoms with Gasteiger partial charge in [-0.3, -0.25) is 9.36 Å². The number of hydrogen-bond donors (Lipinski definition) is 0. The SMILES string of the molecule is O=c1c2ccc(C#CC3=CCCC3)cc2nc2n1CCC1(CC2)OCCO1. The monoisotopic (exact) mass is 362 g/mol. The lowest BCUT2D eigenvalue weighted by Crippen LogP contribution is -2.31. The van der Waals surface area contributed by atoms with E-state index in [1.165, 1.54) is 12.0 Å². The summed E-state index contributed by atoms with van der Waals surface area (Å²) in [7, 11) is 0. The fourth-order valence-electron chi connectivity index (χ4n) is 4.20. The summed E-state index contributed by atoms with van der Waals surface area (Å²) in [6.45, 7) is 1.82. The summed E-state index contributed by atoms with van der Waals surface area (Å²) in [5.41, 5.74) is 2.86. The van der Waals surface area contributed by atoms with Crippen LogP contribution < -0.4 is 5.56 Å². The van der Waals surface area contributed by atoms with Crippen LogP contribution in [0, 0.1) is 11.8 Å². The van der Waals surface area contributed by atoms with Crippen LogP contribution in [0.25, 0.3) is 10.9 Å². The van der Waals surface area contributed by atoms with E-state index in [-0.39, 0.29) is 5.56 Å². The third-order valence-corrected chi connectivity index (χ3v) is 5.70. The maximum absolute atomic E-state index is 13.0. The summed E-state index contributed by atoms with van der Waals surface area (Å²) in [5.74, 6) is 6.74. The maximum atomic E-state index is 13.0. The number of benzene rings is 1. The average Bonchev–Trinajstić information content (AvgIpc) is 3.33. The van der Waals surface area contributed by atoms with Crippen LogP contribution in [0.5, 0.6) is 0 Å². The molecule has 5 heteroatoms. The Hall–Kier alpha value is -2.42. The van der Waals surface area contributed by atoms with Gasteiger partial charge < -0.3 is 9.47 Å². The number of fused-ring (bicyclic) bond motifs is 2. The molecule has 1 aromatic carbocycles. The Balaban J connectivity index is 1.51. The van der Waals surface area contributed by atoms with Gasteiger partial charge in [-0.2, -0.15) is 0 Å². The minimum absolute atomic E-state index is 0.0167. The fraction of sp³-hybridized carbons (Fsp3) is 0.455. The standard InChI is InChI=1S/C22H22N2O3/c25-21-18-8-7-17(6-5-16-3-1-2-4-16)15-19(18)23-20-9-10-22(11-12-24(20)21)26-13-14-27-22/h3,7-8,15H,1-2,4,9-14H2. The van der Waals surface area contributed by atoms with E-state index in [2.05, 4.69) is 17.9 Å². The molecule has 0 N–H and O–H groups in total. The molecule has 5 nitrogen and oxygen atoms in total. The van der Waals surface area contributed by atoms with Crippen LogP contribution in [-0.4, -0.2) is 28.6 Å². The van der Waals surface area contributed by atoms with Crippen molar-refractivity contribution in [1.29, 1.82) is 0 Å². The number of allylic oxidation sites excluding steroid dienone is 2. The number of rotatable bonds is 0. The van der Waals surface area contributed by atoms with E-state index in [0.717, 1.165) is 36.2 Å². The van der Waals surface area contributed by atoms with Crippen LogP contribution in [0.2, 0.25) is 0 Å². The van der Waals surface area contributed by atoms with Crippen LogP contribution in [0.1, 0.15) is 43.5 Å². The van der Waals surface area contributed by atoms with E-state index < -0.39 is 5.79 Å². The molecule has 1 aromatic heterocycles. The van der Waals surface area contributed by atoms with Gasteiger partial charge in [0.1, 0.15) is 5.82 Å². The van der Waals surface area contributed by atoms with Gasteiger partial charge in [0.15, 0.2) is 5.79 Å². The summed E-state index contributed by atoms with van der Waals surface area (Å²) < 4.78 is 13.5. The first kappa shape index (κ1) is 16.7. The van der Waals surface area contributed by atoms with Crippen LogP contribution in [-0.2, 0) is 22.4 Å². The normalized spacial score (nSPS) is 20.8. The Morgan fingerprint density at radius 2 is 2.00 bits per heavy atom. The first-order valence-corrected chi connectivity index (χ1v) is 9.75. The maximum Gasteiger partial charge on any atom is 0.261 e. The Kier molecular flexibility index (Phi) is 4.11. The molecule has 3 aliphatic rings.